The van der Waals surface area contributed by atoms with E-state index in [0.717, 1.165) is 5.56 Å². The largest absolute Gasteiger partial charge is 0.324 e. The van der Waals surface area contributed by atoms with Crippen molar-refractivity contribution in [2.75, 3.05) is 0 Å². The molecule has 4 heteroatoms. The molecular weight excluding hydrogens is 309 g/mol. The Bertz CT molecular complexity index is 586. The van der Waals surface area contributed by atoms with E-state index in [1.807, 2.05) is 30.3 Å². The smallest absolute Gasteiger partial charge is 0.167 e. The third-order valence-electron chi connectivity index (χ3n) is 2.89. The first kappa shape index (κ1) is 13.9. The van der Waals surface area contributed by atoms with E-state index in [1.165, 1.54) is 6.07 Å². The molecule has 2 aromatic carbocycles. The van der Waals surface area contributed by atoms with Crippen LogP contribution in [-0.2, 0) is 0 Å². The maximum Gasteiger partial charge on any atom is 0.167 e. The van der Waals surface area contributed by atoms with E-state index < -0.39 is 11.9 Å². The molecule has 2 nitrogen and oxygen atoms in total. The minimum atomic E-state index is -0.534. The Morgan fingerprint density at radius 3 is 2.53 bits per heavy atom. The Kier molecular flexibility index (Phi) is 4.45. The zero-order chi connectivity index (χ0) is 13.8. The molecule has 0 bridgehead atoms. The first-order chi connectivity index (χ1) is 9.09. The van der Waals surface area contributed by atoms with Crippen LogP contribution < -0.4 is 5.73 Å². The van der Waals surface area contributed by atoms with Gasteiger partial charge in [0.05, 0.1) is 10.0 Å². The first-order valence-electron chi connectivity index (χ1n) is 5.87. The van der Waals surface area contributed by atoms with Crippen molar-refractivity contribution in [3.8, 4) is 0 Å². The number of carbonyl (C=O) groups excluding carboxylic acids is 1. The molecule has 0 aliphatic carbocycles. The molecule has 0 spiro atoms. The molecule has 0 aliphatic heterocycles. The van der Waals surface area contributed by atoms with Crippen molar-refractivity contribution in [1.29, 1.82) is 0 Å². The lowest BCUT2D eigenvalue weighted by Gasteiger charge is -2.11. The van der Waals surface area contributed by atoms with E-state index >= 15 is 0 Å². The van der Waals surface area contributed by atoms with Crippen LogP contribution in [0.3, 0.4) is 0 Å². The summed E-state index contributed by atoms with van der Waals surface area (Å²) in [5, 5.41) is 0. The highest BCUT2D eigenvalue weighted by Gasteiger charge is 2.17. The Morgan fingerprint density at radius 1 is 1.16 bits per heavy atom. The van der Waals surface area contributed by atoms with E-state index in [1.54, 1.807) is 12.1 Å². The van der Waals surface area contributed by atoms with Crippen molar-refractivity contribution in [2.45, 2.75) is 12.5 Å². The van der Waals surface area contributed by atoms with Crippen LogP contribution in [0.4, 0.5) is 4.39 Å². The van der Waals surface area contributed by atoms with Crippen LogP contribution >= 0.6 is 15.9 Å². The molecule has 0 aromatic heterocycles. The number of Topliss-reactive ketones (excluding diaryl/α,β-unsaturated/α-hetero) is 1. The summed E-state index contributed by atoms with van der Waals surface area (Å²) in [4.78, 5) is 12.1. The number of hydrogen-bond acceptors (Lipinski definition) is 2. The molecule has 2 rings (SSSR count). The number of halogens is 2. The predicted octanol–water partition coefficient (Wildman–Crippen LogP) is 3.86. The number of rotatable bonds is 4. The molecule has 19 heavy (non-hydrogen) atoms. The van der Waals surface area contributed by atoms with Gasteiger partial charge >= 0.3 is 0 Å². The number of benzene rings is 2. The van der Waals surface area contributed by atoms with Crippen LogP contribution in [-0.4, -0.2) is 5.78 Å². The van der Waals surface area contributed by atoms with Crippen LogP contribution in [0, 0.1) is 5.82 Å². The number of nitrogens with two attached hydrogens (primary N) is 1. The summed E-state index contributed by atoms with van der Waals surface area (Å²) < 4.78 is 14.1. The van der Waals surface area contributed by atoms with E-state index in [4.69, 9.17) is 5.73 Å². The molecule has 0 aliphatic rings. The number of carbonyl (C=O) groups is 1. The van der Waals surface area contributed by atoms with Crippen molar-refractivity contribution in [3.63, 3.8) is 0 Å². The lowest BCUT2D eigenvalue weighted by Crippen LogP contribution is -2.16. The topological polar surface area (TPSA) is 43.1 Å². The molecule has 2 aromatic rings. The van der Waals surface area contributed by atoms with Gasteiger partial charge in [0.25, 0.3) is 0 Å². The zero-order valence-corrected chi connectivity index (χ0v) is 11.7. The van der Waals surface area contributed by atoms with Gasteiger partial charge in [-0.25, -0.2) is 4.39 Å². The summed E-state index contributed by atoms with van der Waals surface area (Å²) >= 11 is 3.07. The summed E-state index contributed by atoms with van der Waals surface area (Å²) in [5.41, 5.74) is 6.90. The van der Waals surface area contributed by atoms with Crippen molar-refractivity contribution in [1.82, 2.24) is 0 Å². The SMILES string of the molecule is NC(CC(=O)c1cccc(Br)c1F)c1ccccc1. The highest BCUT2D eigenvalue weighted by Crippen LogP contribution is 2.22. The third-order valence-corrected chi connectivity index (χ3v) is 3.50. The Hall–Kier alpha value is -1.52. The third kappa shape index (κ3) is 3.28. The van der Waals surface area contributed by atoms with Crippen LogP contribution in [0.15, 0.2) is 53.0 Å². The van der Waals surface area contributed by atoms with E-state index in [-0.39, 0.29) is 22.2 Å². The minimum Gasteiger partial charge on any atom is -0.324 e. The predicted molar refractivity (Wildman–Crippen MR) is 76.4 cm³/mol. The quantitative estimate of drug-likeness (QED) is 0.869. The molecule has 98 valence electrons. The number of ketones is 1. The molecule has 0 heterocycles. The lowest BCUT2D eigenvalue weighted by molar-refractivity contribution is 0.0970. The fourth-order valence-corrected chi connectivity index (χ4v) is 2.21. The molecular formula is C15H13BrFNO. The molecule has 0 saturated carbocycles. The Balaban J connectivity index is 2.16. The molecule has 0 radical (unpaired) electrons. The highest BCUT2D eigenvalue weighted by atomic mass is 79.9. The molecule has 1 unspecified atom stereocenters. The van der Waals surface area contributed by atoms with Gasteiger partial charge in [-0.15, -0.1) is 0 Å². The van der Waals surface area contributed by atoms with E-state index in [0.29, 0.717) is 0 Å². The Labute approximate surface area is 119 Å². The summed E-state index contributed by atoms with van der Waals surface area (Å²) in [7, 11) is 0. The standard InChI is InChI=1S/C15H13BrFNO/c16-12-8-4-7-11(15(12)17)14(19)9-13(18)10-5-2-1-3-6-10/h1-8,13H,9,18H2. The maximum absolute atomic E-state index is 13.8. The van der Waals surface area contributed by atoms with Gasteiger partial charge in [-0.2, -0.15) is 0 Å². The van der Waals surface area contributed by atoms with Gasteiger partial charge < -0.3 is 5.73 Å². The normalized spacial score (nSPS) is 12.2. The molecule has 0 fully saturated rings. The monoisotopic (exact) mass is 321 g/mol. The Morgan fingerprint density at radius 2 is 1.84 bits per heavy atom. The minimum absolute atomic E-state index is 0.0701. The second-order valence-corrected chi connectivity index (χ2v) is 5.10. The fraction of sp³-hybridized carbons (Fsp3) is 0.133. The van der Waals surface area contributed by atoms with Crippen molar-refractivity contribution >= 4 is 21.7 Å². The van der Waals surface area contributed by atoms with Crippen molar-refractivity contribution in [3.05, 3.63) is 69.9 Å². The average molecular weight is 322 g/mol. The number of hydrogen-bond donors (Lipinski definition) is 1. The van der Waals surface area contributed by atoms with Crippen LogP contribution in [0.25, 0.3) is 0 Å². The lowest BCUT2D eigenvalue weighted by atomic mass is 9.98. The molecule has 2 N–H and O–H groups in total. The summed E-state index contributed by atoms with van der Waals surface area (Å²) in [6, 6.07) is 13.6. The maximum atomic E-state index is 13.8. The van der Waals surface area contributed by atoms with E-state index in [2.05, 4.69) is 15.9 Å². The van der Waals surface area contributed by atoms with Gasteiger partial charge in [0.2, 0.25) is 0 Å². The molecule has 0 amide bonds. The summed E-state index contributed by atoms with van der Waals surface area (Å²) in [6.07, 6.45) is 0.0807. The second-order valence-electron chi connectivity index (χ2n) is 4.25. The second kappa shape index (κ2) is 6.08. The van der Waals surface area contributed by atoms with Crippen molar-refractivity contribution in [2.24, 2.45) is 5.73 Å². The zero-order valence-electron chi connectivity index (χ0n) is 10.1. The van der Waals surface area contributed by atoms with Gasteiger partial charge in [0, 0.05) is 12.5 Å². The van der Waals surface area contributed by atoms with Gasteiger partial charge in [-0.1, -0.05) is 36.4 Å². The van der Waals surface area contributed by atoms with E-state index in [9.17, 15) is 9.18 Å². The van der Waals surface area contributed by atoms with Crippen LogP contribution in [0.5, 0.6) is 0 Å². The van der Waals surface area contributed by atoms with Gasteiger partial charge in [-0.05, 0) is 33.6 Å². The highest BCUT2D eigenvalue weighted by molar-refractivity contribution is 9.10. The van der Waals surface area contributed by atoms with Crippen LogP contribution in [0.1, 0.15) is 28.4 Å². The van der Waals surface area contributed by atoms with Crippen molar-refractivity contribution < 1.29 is 9.18 Å². The summed E-state index contributed by atoms with van der Waals surface area (Å²) in [5.74, 6) is -0.831. The first-order valence-corrected chi connectivity index (χ1v) is 6.66. The average Bonchev–Trinajstić information content (AvgIpc) is 2.42. The van der Waals surface area contributed by atoms with Crippen LogP contribution in [0.2, 0.25) is 0 Å². The molecule has 0 saturated heterocycles. The fourth-order valence-electron chi connectivity index (χ4n) is 1.85. The van der Waals surface area contributed by atoms with Gasteiger partial charge in [0.15, 0.2) is 5.78 Å². The van der Waals surface area contributed by atoms with Gasteiger partial charge in [0.1, 0.15) is 5.82 Å². The van der Waals surface area contributed by atoms with Gasteiger partial charge in [-0.3, -0.25) is 4.79 Å². The summed E-state index contributed by atoms with van der Waals surface area (Å²) in [6.45, 7) is 0. The molecule has 1 atom stereocenters.